The molecule has 0 radical (unpaired) electrons. The molecule has 0 atom stereocenters. The topological polar surface area (TPSA) is 24.1 Å². The van der Waals surface area contributed by atoms with E-state index >= 15 is 0 Å². The van der Waals surface area contributed by atoms with Crippen LogP contribution in [0.4, 0.5) is 5.69 Å². The predicted octanol–water partition coefficient (Wildman–Crippen LogP) is 3.21. The minimum absolute atomic E-state index is 0.199. The summed E-state index contributed by atoms with van der Waals surface area (Å²) in [6, 6.07) is 8.54. The maximum absolute atomic E-state index is 3.45. The summed E-state index contributed by atoms with van der Waals surface area (Å²) in [4.78, 5) is 1.30. The normalized spacial score (nSPS) is 11.5. The molecule has 0 aromatic heterocycles. The van der Waals surface area contributed by atoms with E-state index in [1.54, 1.807) is 11.8 Å². The fraction of sp³-hybridized carbons (Fsp3) is 0.538. The van der Waals surface area contributed by atoms with Gasteiger partial charge >= 0.3 is 0 Å². The van der Waals surface area contributed by atoms with Crippen molar-refractivity contribution in [2.75, 3.05) is 24.7 Å². The summed E-state index contributed by atoms with van der Waals surface area (Å²) in [5.41, 5.74) is 1.39. The van der Waals surface area contributed by atoms with E-state index in [1.807, 2.05) is 0 Å². The van der Waals surface area contributed by atoms with Crippen molar-refractivity contribution in [3.8, 4) is 0 Å². The zero-order chi connectivity index (χ0) is 12.0. The maximum Gasteiger partial charge on any atom is 0.0341 e. The summed E-state index contributed by atoms with van der Waals surface area (Å²) in [6.07, 6.45) is 2.09. The van der Waals surface area contributed by atoms with Crippen LogP contribution in [0.1, 0.15) is 20.8 Å². The molecule has 1 rings (SSSR count). The summed E-state index contributed by atoms with van der Waals surface area (Å²) in [5, 5.41) is 6.84. The molecule has 2 N–H and O–H groups in total. The van der Waals surface area contributed by atoms with Crippen LogP contribution in [-0.2, 0) is 0 Å². The van der Waals surface area contributed by atoms with Crippen molar-refractivity contribution in [1.82, 2.24) is 5.32 Å². The zero-order valence-electron chi connectivity index (χ0n) is 10.6. The van der Waals surface area contributed by atoms with Gasteiger partial charge in [0.1, 0.15) is 0 Å². The fourth-order valence-corrected chi connectivity index (χ4v) is 1.76. The molecular formula is C13H22N2S. The first-order valence-electron chi connectivity index (χ1n) is 5.64. The number of thioether (sulfide) groups is 1. The van der Waals surface area contributed by atoms with Gasteiger partial charge in [0, 0.05) is 29.2 Å². The molecule has 0 unspecified atom stereocenters. The maximum atomic E-state index is 3.45. The molecule has 90 valence electrons. The first kappa shape index (κ1) is 13.4. The van der Waals surface area contributed by atoms with Gasteiger partial charge in [0.25, 0.3) is 0 Å². The Bertz CT molecular complexity index is 301. The third-order valence-electron chi connectivity index (χ3n) is 2.20. The Kier molecular flexibility index (Phi) is 5.16. The minimum Gasteiger partial charge on any atom is -0.384 e. The Morgan fingerprint density at radius 3 is 2.19 bits per heavy atom. The molecule has 2 nitrogen and oxygen atoms in total. The van der Waals surface area contributed by atoms with E-state index in [4.69, 9.17) is 0 Å². The number of benzene rings is 1. The fourth-order valence-electron chi connectivity index (χ4n) is 1.35. The third kappa shape index (κ3) is 5.42. The average molecular weight is 238 g/mol. The molecule has 1 aromatic carbocycles. The van der Waals surface area contributed by atoms with E-state index in [1.165, 1.54) is 10.6 Å². The number of rotatable bonds is 5. The molecule has 3 heteroatoms. The van der Waals surface area contributed by atoms with Crippen LogP contribution in [0.2, 0.25) is 0 Å². The van der Waals surface area contributed by atoms with E-state index in [0.717, 1.165) is 13.1 Å². The van der Waals surface area contributed by atoms with Crippen LogP contribution in [0.3, 0.4) is 0 Å². The summed E-state index contributed by atoms with van der Waals surface area (Å²) in [7, 11) is 0. The van der Waals surface area contributed by atoms with Crippen LogP contribution in [-0.4, -0.2) is 24.9 Å². The van der Waals surface area contributed by atoms with E-state index in [9.17, 15) is 0 Å². The van der Waals surface area contributed by atoms with Crippen molar-refractivity contribution in [2.45, 2.75) is 31.2 Å². The summed E-state index contributed by atoms with van der Waals surface area (Å²) in [6.45, 7) is 8.48. The molecule has 0 saturated heterocycles. The van der Waals surface area contributed by atoms with Crippen LogP contribution in [0.25, 0.3) is 0 Å². The van der Waals surface area contributed by atoms with Gasteiger partial charge in [0.2, 0.25) is 0 Å². The minimum atomic E-state index is 0.199. The van der Waals surface area contributed by atoms with Gasteiger partial charge in [-0.15, -0.1) is 11.8 Å². The lowest BCUT2D eigenvalue weighted by atomic mass is 10.1. The van der Waals surface area contributed by atoms with Gasteiger partial charge in [-0.3, -0.25) is 0 Å². The van der Waals surface area contributed by atoms with Gasteiger partial charge in [-0.2, -0.15) is 0 Å². The molecule has 0 bridgehead atoms. The van der Waals surface area contributed by atoms with Gasteiger partial charge in [-0.1, -0.05) is 0 Å². The van der Waals surface area contributed by atoms with Crippen LogP contribution in [0, 0.1) is 0 Å². The van der Waals surface area contributed by atoms with E-state index < -0.39 is 0 Å². The highest BCUT2D eigenvalue weighted by molar-refractivity contribution is 7.98. The number of nitrogens with one attached hydrogen (secondary N) is 2. The lowest BCUT2D eigenvalue weighted by molar-refractivity contribution is 0.435. The highest BCUT2D eigenvalue weighted by atomic mass is 32.2. The van der Waals surface area contributed by atoms with Crippen molar-refractivity contribution < 1.29 is 0 Å². The molecule has 0 fully saturated rings. The second kappa shape index (κ2) is 6.16. The molecule has 0 amide bonds. The SMILES string of the molecule is CSc1ccc(NCCNC(C)(C)C)cc1. The van der Waals surface area contributed by atoms with Gasteiger partial charge in [0.05, 0.1) is 0 Å². The Labute approximate surface area is 103 Å². The number of anilines is 1. The lowest BCUT2D eigenvalue weighted by Gasteiger charge is -2.20. The van der Waals surface area contributed by atoms with E-state index in [0.29, 0.717) is 0 Å². The number of hydrogen-bond acceptors (Lipinski definition) is 3. The second-order valence-corrected chi connectivity index (χ2v) is 5.71. The van der Waals surface area contributed by atoms with Crippen LogP contribution in [0.15, 0.2) is 29.2 Å². The van der Waals surface area contributed by atoms with Crippen molar-refractivity contribution in [2.24, 2.45) is 0 Å². The molecule has 0 saturated carbocycles. The standard InChI is InChI=1S/C13H22N2S/c1-13(2,3)15-10-9-14-11-5-7-12(16-4)8-6-11/h5-8,14-15H,9-10H2,1-4H3. The number of hydrogen-bond donors (Lipinski definition) is 2. The first-order chi connectivity index (χ1) is 7.51. The van der Waals surface area contributed by atoms with Crippen molar-refractivity contribution in [3.63, 3.8) is 0 Å². The van der Waals surface area contributed by atoms with Gasteiger partial charge in [-0.25, -0.2) is 0 Å². The molecular weight excluding hydrogens is 216 g/mol. The molecule has 0 aliphatic carbocycles. The summed E-state index contributed by atoms with van der Waals surface area (Å²) < 4.78 is 0. The van der Waals surface area contributed by atoms with E-state index in [-0.39, 0.29) is 5.54 Å². The predicted molar refractivity (Wildman–Crippen MR) is 74.5 cm³/mol. The van der Waals surface area contributed by atoms with Gasteiger partial charge in [0.15, 0.2) is 0 Å². The third-order valence-corrected chi connectivity index (χ3v) is 2.94. The Morgan fingerprint density at radius 2 is 1.69 bits per heavy atom. The van der Waals surface area contributed by atoms with Crippen LogP contribution in [0.5, 0.6) is 0 Å². The monoisotopic (exact) mass is 238 g/mol. The molecule has 16 heavy (non-hydrogen) atoms. The lowest BCUT2D eigenvalue weighted by Crippen LogP contribution is -2.38. The van der Waals surface area contributed by atoms with Crippen molar-refractivity contribution in [3.05, 3.63) is 24.3 Å². The molecule has 0 heterocycles. The zero-order valence-corrected chi connectivity index (χ0v) is 11.4. The quantitative estimate of drug-likeness (QED) is 0.608. The highest BCUT2D eigenvalue weighted by Gasteiger charge is 2.06. The summed E-state index contributed by atoms with van der Waals surface area (Å²) in [5.74, 6) is 0. The van der Waals surface area contributed by atoms with Crippen molar-refractivity contribution >= 4 is 17.4 Å². The average Bonchev–Trinajstić information content (AvgIpc) is 2.24. The Balaban J connectivity index is 2.27. The molecule has 0 aliphatic heterocycles. The van der Waals surface area contributed by atoms with E-state index in [2.05, 4.69) is 61.9 Å². The van der Waals surface area contributed by atoms with Crippen LogP contribution < -0.4 is 10.6 Å². The van der Waals surface area contributed by atoms with Gasteiger partial charge < -0.3 is 10.6 Å². The van der Waals surface area contributed by atoms with Crippen molar-refractivity contribution in [1.29, 1.82) is 0 Å². The second-order valence-electron chi connectivity index (χ2n) is 4.83. The molecule has 0 spiro atoms. The Hall–Kier alpha value is -0.670. The summed E-state index contributed by atoms with van der Waals surface area (Å²) >= 11 is 1.77. The van der Waals surface area contributed by atoms with Gasteiger partial charge in [-0.05, 0) is 51.3 Å². The molecule has 0 aliphatic rings. The highest BCUT2D eigenvalue weighted by Crippen LogP contribution is 2.17. The largest absolute Gasteiger partial charge is 0.384 e. The first-order valence-corrected chi connectivity index (χ1v) is 6.87. The smallest absolute Gasteiger partial charge is 0.0341 e. The molecule has 1 aromatic rings. The Morgan fingerprint density at radius 1 is 1.06 bits per heavy atom. The van der Waals surface area contributed by atoms with Crippen LogP contribution >= 0.6 is 11.8 Å².